The van der Waals surface area contributed by atoms with Gasteiger partial charge in [-0.25, -0.2) is 0 Å². The molecular formula is C14H22O3. The first-order chi connectivity index (χ1) is 6.98. The minimum Gasteiger partial charge on any atom is -0.454 e. The maximum Gasteiger partial charge on any atom is 0.231 e. The van der Waals surface area contributed by atoms with Crippen molar-refractivity contribution in [3.63, 3.8) is 0 Å². The van der Waals surface area contributed by atoms with Gasteiger partial charge in [-0.05, 0) is 18.2 Å². The summed E-state index contributed by atoms with van der Waals surface area (Å²) in [6.45, 7) is 5.95. The molecule has 0 fully saturated rings. The van der Waals surface area contributed by atoms with Crippen LogP contribution >= 0.6 is 0 Å². The lowest BCUT2D eigenvalue weighted by molar-refractivity contribution is 0.0858. The molecule has 0 saturated heterocycles. The zero-order valence-electron chi connectivity index (χ0n) is 9.16. The molecule has 3 nitrogen and oxygen atoms in total. The molecule has 0 N–H and O–H groups in total. The van der Waals surface area contributed by atoms with E-state index in [2.05, 4.69) is 0 Å². The third-order valence-electron chi connectivity index (χ3n) is 2.32. The molecule has 2 rings (SSSR count). The molecule has 0 atom stereocenters. The largest absolute Gasteiger partial charge is 0.454 e. The van der Waals surface area contributed by atoms with E-state index < -0.39 is 0 Å². The molecule has 3 heteroatoms. The summed E-state index contributed by atoms with van der Waals surface area (Å²) in [5.41, 5.74) is 0.306. The predicted octanol–water partition coefficient (Wildman–Crippen LogP) is 3.92. The molecule has 0 aliphatic carbocycles. The predicted molar refractivity (Wildman–Crippen MR) is 69.8 cm³/mol. The van der Waals surface area contributed by atoms with E-state index >= 15 is 0 Å². The number of Topliss-reactive ketones (excluding diaryl/α,β-unsaturated/α-hetero) is 1. The van der Waals surface area contributed by atoms with Crippen LogP contribution in [-0.2, 0) is 0 Å². The summed E-state index contributed by atoms with van der Waals surface area (Å²) in [5.74, 6) is 1.48. The molecule has 0 unspecified atom stereocenters. The van der Waals surface area contributed by atoms with Crippen molar-refractivity contribution in [3.8, 4) is 11.5 Å². The van der Waals surface area contributed by atoms with E-state index in [1.807, 2.05) is 20.8 Å². The number of fused-ring (bicyclic) bond motifs is 1. The van der Waals surface area contributed by atoms with Gasteiger partial charge < -0.3 is 9.47 Å². The van der Waals surface area contributed by atoms with Gasteiger partial charge in [-0.15, -0.1) is 0 Å². The van der Waals surface area contributed by atoms with Gasteiger partial charge >= 0.3 is 0 Å². The summed E-state index contributed by atoms with van der Waals surface area (Å²) in [6, 6.07) is 5.30. The van der Waals surface area contributed by atoms with Crippen molar-refractivity contribution in [2.45, 2.75) is 35.6 Å². The Morgan fingerprint density at radius 1 is 1.12 bits per heavy atom. The molecule has 17 heavy (non-hydrogen) atoms. The Morgan fingerprint density at radius 2 is 1.71 bits per heavy atom. The Labute approximate surface area is 104 Å². The highest BCUT2D eigenvalue weighted by molar-refractivity contribution is 6.00. The van der Waals surface area contributed by atoms with E-state index in [4.69, 9.17) is 9.47 Å². The van der Waals surface area contributed by atoms with Gasteiger partial charge in [0.25, 0.3) is 0 Å². The normalized spacial score (nSPS) is 12.4. The van der Waals surface area contributed by atoms with Crippen LogP contribution in [-0.4, -0.2) is 12.6 Å². The molecule has 1 heterocycles. The zero-order valence-corrected chi connectivity index (χ0v) is 9.16. The molecule has 1 aliphatic heterocycles. The van der Waals surface area contributed by atoms with Gasteiger partial charge in [-0.2, -0.15) is 0 Å². The fourth-order valence-electron chi connectivity index (χ4n) is 1.47. The van der Waals surface area contributed by atoms with E-state index in [1.54, 1.807) is 18.2 Å². The van der Waals surface area contributed by atoms with Gasteiger partial charge in [0.1, 0.15) is 0 Å². The van der Waals surface area contributed by atoms with Crippen molar-refractivity contribution in [1.29, 1.82) is 0 Å². The lowest BCUT2D eigenvalue weighted by Crippen LogP contribution is -2.19. The van der Waals surface area contributed by atoms with E-state index in [1.165, 1.54) is 0 Å². The van der Waals surface area contributed by atoms with Crippen LogP contribution in [0.25, 0.3) is 0 Å². The van der Waals surface area contributed by atoms with Crippen molar-refractivity contribution >= 4 is 5.78 Å². The van der Waals surface area contributed by atoms with Crippen LogP contribution in [0.3, 0.4) is 0 Å². The molecule has 0 radical (unpaired) electrons. The number of rotatable bonds is 1. The van der Waals surface area contributed by atoms with Gasteiger partial charge in [0.2, 0.25) is 6.79 Å². The van der Waals surface area contributed by atoms with Crippen LogP contribution in [0, 0.1) is 5.41 Å². The van der Waals surface area contributed by atoms with Crippen LogP contribution in [0.5, 0.6) is 11.5 Å². The number of carbonyl (C=O) groups excluding carboxylic acids is 1. The Morgan fingerprint density at radius 3 is 2.29 bits per heavy atom. The first kappa shape index (κ1) is 15.5. The summed E-state index contributed by atoms with van der Waals surface area (Å²) in [7, 11) is 0. The lowest BCUT2D eigenvalue weighted by atomic mass is 9.86. The first-order valence-electron chi connectivity index (χ1n) is 4.93. The fraction of sp³-hybridized carbons (Fsp3) is 0.500. The number of hydrogen-bond donors (Lipinski definition) is 0. The quantitative estimate of drug-likeness (QED) is 0.696. The molecule has 0 bridgehead atoms. The third-order valence-corrected chi connectivity index (χ3v) is 2.32. The van der Waals surface area contributed by atoms with E-state index in [0.717, 1.165) is 0 Å². The Bertz CT molecular complexity index is 402. The van der Waals surface area contributed by atoms with Gasteiger partial charge in [-0.3, -0.25) is 4.79 Å². The smallest absolute Gasteiger partial charge is 0.231 e. The molecule has 0 aromatic heterocycles. The second kappa shape index (κ2) is 5.21. The van der Waals surface area contributed by atoms with Crippen molar-refractivity contribution in [2.75, 3.05) is 6.79 Å². The Hall–Kier alpha value is -1.51. The zero-order chi connectivity index (χ0) is 11.1. The van der Waals surface area contributed by atoms with Gasteiger partial charge in [-0.1, -0.05) is 35.6 Å². The average molecular weight is 238 g/mol. The summed E-state index contributed by atoms with van der Waals surface area (Å²) in [5, 5.41) is 0. The van der Waals surface area contributed by atoms with Crippen molar-refractivity contribution < 1.29 is 14.3 Å². The maximum absolute atomic E-state index is 12.0. The highest BCUT2D eigenvalue weighted by atomic mass is 16.7. The molecule has 1 aromatic carbocycles. The summed E-state index contributed by atoms with van der Waals surface area (Å²) in [4.78, 5) is 12.0. The molecular weight excluding hydrogens is 216 g/mol. The standard InChI is InChI=1S/C12H14O3.2CH4/c1-12(2,3)11(13)8-4-5-9-10(6-8)15-7-14-9;;/h4-6H,7H2,1-3H3;2*1H4. The molecule has 1 aliphatic rings. The molecule has 0 spiro atoms. The molecule has 96 valence electrons. The number of hydrogen-bond acceptors (Lipinski definition) is 3. The third kappa shape index (κ3) is 2.99. The minimum absolute atomic E-state index is 0. The van der Waals surface area contributed by atoms with Gasteiger partial charge in [0, 0.05) is 11.0 Å². The van der Waals surface area contributed by atoms with Crippen molar-refractivity contribution in [1.82, 2.24) is 0 Å². The molecule has 0 saturated carbocycles. The van der Waals surface area contributed by atoms with Crippen LogP contribution in [0.2, 0.25) is 0 Å². The highest BCUT2D eigenvalue weighted by Gasteiger charge is 2.24. The van der Waals surface area contributed by atoms with Gasteiger partial charge in [0.05, 0.1) is 0 Å². The molecule has 0 amide bonds. The number of ketones is 1. The summed E-state index contributed by atoms with van der Waals surface area (Å²) < 4.78 is 10.4. The summed E-state index contributed by atoms with van der Waals surface area (Å²) >= 11 is 0. The van der Waals surface area contributed by atoms with Crippen LogP contribution in [0.1, 0.15) is 46.0 Å². The van der Waals surface area contributed by atoms with Crippen LogP contribution in [0.4, 0.5) is 0 Å². The lowest BCUT2D eigenvalue weighted by Gasteiger charge is -2.16. The second-order valence-corrected chi connectivity index (χ2v) is 4.65. The summed E-state index contributed by atoms with van der Waals surface area (Å²) in [6.07, 6.45) is 0. The first-order valence-corrected chi connectivity index (χ1v) is 4.93. The Balaban J connectivity index is 0.00000128. The highest BCUT2D eigenvalue weighted by Crippen LogP contribution is 2.34. The number of benzene rings is 1. The second-order valence-electron chi connectivity index (χ2n) is 4.65. The maximum atomic E-state index is 12.0. The van der Waals surface area contributed by atoms with E-state index in [-0.39, 0.29) is 32.8 Å². The fourth-order valence-corrected chi connectivity index (χ4v) is 1.47. The topological polar surface area (TPSA) is 35.5 Å². The van der Waals surface area contributed by atoms with Crippen LogP contribution < -0.4 is 9.47 Å². The average Bonchev–Trinajstić information content (AvgIpc) is 2.61. The van der Waals surface area contributed by atoms with Crippen molar-refractivity contribution in [2.24, 2.45) is 5.41 Å². The van der Waals surface area contributed by atoms with Crippen LogP contribution in [0.15, 0.2) is 18.2 Å². The monoisotopic (exact) mass is 238 g/mol. The van der Waals surface area contributed by atoms with Gasteiger partial charge in [0.15, 0.2) is 17.3 Å². The van der Waals surface area contributed by atoms with E-state index in [0.29, 0.717) is 17.1 Å². The Kier molecular flexibility index (Phi) is 4.75. The van der Waals surface area contributed by atoms with E-state index in [9.17, 15) is 4.79 Å². The van der Waals surface area contributed by atoms with Crippen molar-refractivity contribution in [3.05, 3.63) is 23.8 Å². The number of carbonyl (C=O) groups is 1. The SMILES string of the molecule is C.C.CC(C)(C)C(=O)c1ccc2c(c1)OCO2. The number of ether oxygens (including phenoxy) is 2. The minimum atomic E-state index is -0.367. The molecule has 1 aromatic rings.